The van der Waals surface area contributed by atoms with Gasteiger partial charge in [-0.3, -0.25) is 4.98 Å². The summed E-state index contributed by atoms with van der Waals surface area (Å²) in [5.74, 6) is 1.27. The number of nitrogens with zero attached hydrogens (tertiary/aromatic N) is 1. The summed E-state index contributed by atoms with van der Waals surface area (Å²) in [4.78, 5) is 4.34. The van der Waals surface area contributed by atoms with Gasteiger partial charge in [-0.15, -0.1) is 0 Å². The van der Waals surface area contributed by atoms with E-state index < -0.39 is 0 Å². The third-order valence-corrected chi connectivity index (χ3v) is 3.51. The zero-order valence-corrected chi connectivity index (χ0v) is 11.7. The molecule has 0 saturated carbocycles. The largest absolute Gasteiger partial charge is 0.453 e. The SMILES string of the molecule is Cc1cccc(Oc2ccc(Cl)c3cccnc23)c1N. The molecule has 0 atom stereocenters. The topological polar surface area (TPSA) is 48.1 Å². The Bertz CT molecular complexity index is 787. The molecule has 1 aromatic heterocycles. The lowest BCUT2D eigenvalue weighted by molar-refractivity contribution is 0.489. The summed E-state index contributed by atoms with van der Waals surface area (Å²) in [6.45, 7) is 1.94. The van der Waals surface area contributed by atoms with Gasteiger partial charge in [0.25, 0.3) is 0 Å². The first kappa shape index (κ1) is 12.8. The summed E-state index contributed by atoms with van der Waals surface area (Å²) in [7, 11) is 0. The molecule has 0 amide bonds. The van der Waals surface area contributed by atoms with Crippen molar-refractivity contribution >= 4 is 28.2 Å². The Labute approximate surface area is 122 Å². The van der Waals surface area contributed by atoms with Crippen LogP contribution in [0.1, 0.15) is 5.56 Å². The van der Waals surface area contributed by atoms with Crippen LogP contribution in [-0.4, -0.2) is 4.98 Å². The molecule has 3 nitrogen and oxygen atoms in total. The van der Waals surface area contributed by atoms with E-state index in [1.165, 1.54) is 0 Å². The average Bonchev–Trinajstić information content (AvgIpc) is 2.47. The second kappa shape index (κ2) is 5.02. The lowest BCUT2D eigenvalue weighted by atomic mass is 10.2. The van der Waals surface area contributed by atoms with Gasteiger partial charge >= 0.3 is 0 Å². The maximum Gasteiger partial charge on any atom is 0.153 e. The van der Waals surface area contributed by atoms with Crippen LogP contribution in [-0.2, 0) is 0 Å². The van der Waals surface area contributed by atoms with E-state index in [4.69, 9.17) is 22.1 Å². The second-order valence-electron chi connectivity index (χ2n) is 4.53. The Hall–Kier alpha value is -2.26. The summed E-state index contributed by atoms with van der Waals surface area (Å²) in [6.07, 6.45) is 1.71. The van der Waals surface area contributed by atoms with E-state index in [1.807, 2.05) is 37.3 Å². The van der Waals surface area contributed by atoms with Crippen molar-refractivity contribution in [2.24, 2.45) is 0 Å². The smallest absolute Gasteiger partial charge is 0.153 e. The first-order chi connectivity index (χ1) is 9.66. The van der Waals surface area contributed by atoms with E-state index in [2.05, 4.69) is 4.98 Å². The number of halogens is 1. The minimum Gasteiger partial charge on any atom is -0.453 e. The molecule has 100 valence electrons. The molecule has 0 fully saturated rings. The molecule has 0 aliphatic heterocycles. The Morgan fingerprint density at radius 3 is 2.75 bits per heavy atom. The zero-order chi connectivity index (χ0) is 14.1. The molecule has 0 saturated heterocycles. The summed E-state index contributed by atoms with van der Waals surface area (Å²) in [5, 5.41) is 1.51. The van der Waals surface area contributed by atoms with Crippen LogP contribution in [0, 0.1) is 6.92 Å². The van der Waals surface area contributed by atoms with Crippen molar-refractivity contribution in [3.63, 3.8) is 0 Å². The number of hydrogen-bond donors (Lipinski definition) is 1. The minimum absolute atomic E-state index is 0.624. The Balaban J connectivity index is 2.12. The Morgan fingerprint density at radius 1 is 1.05 bits per heavy atom. The third-order valence-electron chi connectivity index (χ3n) is 3.18. The van der Waals surface area contributed by atoms with Crippen molar-refractivity contribution < 1.29 is 4.74 Å². The number of ether oxygens (including phenoxy) is 1. The molecule has 2 aromatic carbocycles. The fraction of sp³-hybridized carbons (Fsp3) is 0.0625. The van der Waals surface area contributed by atoms with Gasteiger partial charge in [0.2, 0.25) is 0 Å². The Kier molecular flexibility index (Phi) is 3.20. The fourth-order valence-electron chi connectivity index (χ4n) is 2.06. The summed E-state index contributed by atoms with van der Waals surface area (Å²) in [6, 6.07) is 13.1. The Morgan fingerprint density at radius 2 is 1.90 bits per heavy atom. The third kappa shape index (κ3) is 2.17. The minimum atomic E-state index is 0.624. The van der Waals surface area contributed by atoms with Gasteiger partial charge in [0.1, 0.15) is 5.52 Å². The second-order valence-corrected chi connectivity index (χ2v) is 4.94. The first-order valence-corrected chi connectivity index (χ1v) is 6.61. The zero-order valence-electron chi connectivity index (χ0n) is 10.9. The molecule has 0 radical (unpaired) electrons. The van der Waals surface area contributed by atoms with Gasteiger partial charge in [0, 0.05) is 11.6 Å². The number of fused-ring (bicyclic) bond motifs is 1. The van der Waals surface area contributed by atoms with E-state index in [-0.39, 0.29) is 0 Å². The predicted molar refractivity (Wildman–Crippen MR) is 82.4 cm³/mol. The number of hydrogen-bond acceptors (Lipinski definition) is 3. The number of rotatable bonds is 2. The van der Waals surface area contributed by atoms with E-state index in [9.17, 15) is 0 Å². The van der Waals surface area contributed by atoms with Gasteiger partial charge in [0.15, 0.2) is 11.5 Å². The van der Waals surface area contributed by atoms with Gasteiger partial charge < -0.3 is 10.5 Å². The number of anilines is 1. The number of nitrogen functional groups attached to an aromatic ring is 1. The maximum atomic E-state index is 6.17. The van der Waals surface area contributed by atoms with Crippen molar-refractivity contribution in [3.8, 4) is 11.5 Å². The molecule has 0 bridgehead atoms. The van der Waals surface area contributed by atoms with Crippen molar-refractivity contribution in [2.45, 2.75) is 6.92 Å². The van der Waals surface area contributed by atoms with Gasteiger partial charge in [-0.2, -0.15) is 0 Å². The van der Waals surface area contributed by atoms with Gasteiger partial charge in [-0.1, -0.05) is 23.7 Å². The van der Waals surface area contributed by atoms with Crippen LogP contribution in [0.3, 0.4) is 0 Å². The highest BCUT2D eigenvalue weighted by molar-refractivity contribution is 6.35. The number of para-hydroxylation sites is 1. The number of pyridine rings is 1. The molecule has 0 aliphatic carbocycles. The average molecular weight is 285 g/mol. The standard InChI is InChI=1S/C16H13ClN2O/c1-10-4-2-6-13(15(10)18)20-14-8-7-12(17)11-5-3-9-19-16(11)14/h2-9H,18H2,1H3. The molecule has 3 aromatic rings. The van der Waals surface area contributed by atoms with Crippen molar-refractivity contribution in [3.05, 3.63) is 59.2 Å². The molecule has 3 rings (SSSR count). The summed E-state index contributed by atoms with van der Waals surface area (Å²) >= 11 is 6.17. The van der Waals surface area contributed by atoms with Gasteiger partial charge in [-0.05, 0) is 42.8 Å². The van der Waals surface area contributed by atoms with Crippen LogP contribution in [0.5, 0.6) is 11.5 Å². The van der Waals surface area contributed by atoms with Gasteiger partial charge in [0.05, 0.1) is 10.7 Å². The van der Waals surface area contributed by atoms with E-state index >= 15 is 0 Å². The summed E-state index contributed by atoms with van der Waals surface area (Å²) in [5.41, 5.74) is 8.37. The first-order valence-electron chi connectivity index (χ1n) is 6.23. The highest BCUT2D eigenvalue weighted by Crippen LogP contribution is 2.35. The van der Waals surface area contributed by atoms with E-state index in [0.29, 0.717) is 22.2 Å². The molecule has 0 spiro atoms. The fourth-order valence-corrected chi connectivity index (χ4v) is 2.27. The van der Waals surface area contributed by atoms with E-state index in [1.54, 1.807) is 18.3 Å². The normalized spacial score (nSPS) is 10.7. The highest BCUT2D eigenvalue weighted by Gasteiger charge is 2.10. The van der Waals surface area contributed by atoms with Crippen molar-refractivity contribution in [1.29, 1.82) is 0 Å². The molecule has 4 heteroatoms. The summed E-state index contributed by atoms with van der Waals surface area (Å²) < 4.78 is 5.91. The van der Waals surface area contributed by atoms with Crippen LogP contribution in [0.25, 0.3) is 10.9 Å². The highest BCUT2D eigenvalue weighted by atomic mass is 35.5. The molecule has 2 N–H and O–H groups in total. The quantitative estimate of drug-likeness (QED) is 0.701. The van der Waals surface area contributed by atoms with Crippen LogP contribution < -0.4 is 10.5 Å². The lowest BCUT2D eigenvalue weighted by Crippen LogP contribution is -1.95. The van der Waals surface area contributed by atoms with Crippen LogP contribution in [0.15, 0.2) is 48.7 Å². The maximum absolute atomic E-state index is 6.17. The predicted octanol–water partition coefficient (Wildman–Crippen LogP) is 4.57. The van der Waals surface area contributed by atoms with Crippen molar-refractivity contribution in [2.75, 3.05) is 5.73 Å². The molecule has 1 heterocycles. The molecule has 20 heavy (non-hydrogen) atoms. The molecular formula is C16H13ClN2O. The van der Waals surface area contributed by atoms with Crippen LogP contribution in [0.4, 0.5) is 5.69 Å². The van der Waals surface area contributed by atoms with Crippen LogP contribution in [0.2, 0.25) is 5.02 Å². The van der Waals surface area contributed by atoms with Crippen molar-refractivity contribution in [1.82, 2.24) is 4.98 Å². The monoisotopic (exact) mass is 284 g/mol. The van der Waals surface area contributed by atoms with E-state index in [0.717, 1.165) is 16.5 Å². The lowest BCUT2D eigenvalue weighted by Gasteiger charge is -2.12. The number of aromatic nitrogens is 1. The number of benzene rings is 2. The number of nitrogens with two attached hydrogens (primary N) is 1. The van der Waals surface area contributed by atoms with Crippen LogP contribution >= 0.6 is 11.6 Å². The molecular weight excluding hydrogens is 272 g/mol. The number of aryl methyl sites for hydroxylation is 1. The molecule has 0 aliphatic rings. The van der Waals surface area contributed by atoms with Gasteiger partial charge in [-0.25, -0.2) is 0 Å². The molecule has 0 unspecified atom stereocenters.